The number of hydrogen-bond acceptors (Lipinski definition) is 1. The molecule has 1 amide bonds. The van der Waals surface area contributed by atoms with Gasteiger partial charge in [0, 0.05) is 6.04 Å². The first-order valence-electron chi connectivity index (χ1n) is 7.65. The smallest absolute Gasteiger partial charge is 0.254 e. The molecule has 1 aliphatic rings. The fourth-order valence-corrected chi connectivity index (χ4v) is 3.89. The zero-order valence-electron chi connectivity index (χ0n) is 12.8. The summed E-state index contributed by atoms with van der Waals surface area (Å²) in [7, 11) is 0. The van der Waals surface area contributed by atoms with Crippen molar-refractivity contribution in [2.45, 2.75) is 46.1 Å². The number of rotatable bonds is 3. The van der Waals surface area contributed by atoms with Crippen molar-refractivity contribution < 1.29 is 4.79 Å². The average Bonchev–Trinajstić information content (AvgIpc) is 2.38. The molecule has 116 valence electrons. The first-order chi connectivity index (χ1) is 9.90. The SMILES string of the molecule is CC(C)[C@@H]1CC[C@H](C)C[C@@H]1NC(=O)c1c(Cl)cccc1Cl. The number of benzene rings is 1. The van der Waals surface area contributed by atoms with E-state index in [1.54, 1.807) is 18.2 Å². The molecular formula is C17H23Cl2NO. The summed E-state index contributed by atoms with van der Waals surface area (Å²) in [5.74, 6) is 1.57. The Hall–Kier alpha value is -0.730. The molecule has 0 bridgehead atoms. The Morgan fingerprint density at radius 2 is 1.86 bits per heavy atom. The van der Waals surface area contributed by atoms with Crippen LogP contribution >= 0.6 is 23.2 Å². The summed E-state index contributed by atoms with van der Waals surface area (Å²) in [6.45, 7) is 6.70. The summed E-state index contributed by atoms with van der Waals surface area (Å²) < 4.78 is 0. The summed E-state index contributed by atoms with van der Waals surface area (Å²) in [5.41, 5.74) is 0.390. The molecule has 0 spiro atoms. The van der Waals surface area contributed by atoms with E-state index in [4.69, 9.17) is 23.2 Å². The van der Waals surface area contributed by atoms with Gasteiger partial charge < -0.3 is 5.32 Å². The highest BCUT2D eigenvalue weighted by molar-refractivity contribution is 6.39. The van der Waals surface area contributed by atoms with Crippen LogP contribution in [0.1, 0.15) is 50.4 Å². The van der Waals surface area contributed by atoms with Crippen molar-refractivity contribution in [1.29, 1.82) is 0 Å². The maximum Gasteiger partial charge on any atom is 0.254 e. The van der Waals surface area contributed by atoms with Crippen molar-refractivity contribution in [3.63, 3.8) is 0 Å². The summed E-state index contributed by atoms with van der Waals surface area (Å²) in [6.07, 6.45) is 3.43. The highest BCUT2D eigenvalue weighted by Gasteiger charge is 2.32. The number of hydrogen-bond donors (Lipinski definition) is 1. The highest BCUT2D eigenvalue weighted by Crippen LogP contribution is 2.34. The number of carbonyl (C=O) groups is 1. The third-order valence-corrected chi connectivity index (χ3v) is 5.16. The van der Waals surface area contributed by atoms with Crippen LogP contribution in [-0.4, -0.2) is 11.9 Å². The molecule has 3 atom stereocenters. The highest BCUT2D eigenvalue weighted by atomic mass is 35.5. The van der Waals surface area contributed by atoms with Gasteiger partial charge in [0.2, 0.25) is 0 Å². The van der Waals surface area contributed by atoms with E-state index in [-0.39, 0.29) is 11.9 Å². The van der Waals surface area contributed by atoms with Gasteiger partial charge in [-0.2, -0.15) is 0 Å². The van der Waals surface area contributed by atoms with E-state index in [1.165, 1.54) is 12.8 Å². The molecule has 1 aromatic rings. The first-order valence-corrected chi connectivity index (χ1v) is 8.40. The average molecular weight is 328 g/mol. The van der Waals surface area contributed by atoms with Crippen LogP contribution in [0.5, 0.6) is 0 Å². The van der Waals surface area contributed by atoms with Crippen LogP contribution in [-0.2, 0) is 0 Å². The molecule has 0 aliphatic heterocycles. The minimum atomic E-state index is -0.157. The zero-order valence-corrected chi connectivity index (χ0v) is 14.3. The third-order valence-electron chi connectivity index (χ3n) is 4.53. The van der Waals surface area contributed by atoms with Gasteiger partial charge in [0.05, 0.1) is 15.6 Å². The Morgan fingerprint density at radius 3 is 2.43 bits per heavy atom. The first kappa shape index (κ1) is 16.6. The van der Waals surface area contributed by atoms with Crippen LogP contribution in [0.4, 0.5) is 0 Å². The van der Waals surface area contributed by atoms with Gasteiger partial charge in [-0.1, -0.05) is 56.5 Å². The fourth-order valence-electron chi connectivity index (χ4n) is 3.32. The van der Waals surface area contributed by atoms with Crippen molar-refractivity contribution in [1.82, 2.24) is 5.32 Å². The van der Waals surface area contributed by atoms with Crippen LogP contribution in [0, 0.1) is 17.8 Å². The molecule has 1 fully saturated rings. The quantitative estimate of drug-likeness (QED) is 0.813. The zero-order chi connectivity index (χ0) is 15.6. The molecule has 0 aromatic heterocycles. The van der Waals surface area contributed by atoms with Gasteiger partial charge in [0.15, 0.2) is 0 Å². The Balaban J connectivity index is 2.17. The Labute approximate surface area is 137 Å². The molecule has 2 nitrogen and oxygen atoms in total. The van der Waals surface area contributed by atoms with Crippen molar-refractivity contribution in [2.24, 2.45) is 17.8 Å². The summed E-state index contributed by atoms with van der Waals surface area (Å²) in [6, 6.07) is 5.35. The number of carbonyl (C=O) groups excluding carboxylic acids is 1. The molecule has 21 heavy (non-hydrogen) atoms. The molecule has 1 aromatic carbocycles. The predicted molar refractivity (Wildman–Crippen MR) is 89.1 cm³/mol. The van der Waals surface area contributed by atoms with E-state index in [0.717, 1.165) is 6.42 Å². The van der Waals surface area contributed by atoms with Crippen LogP contribution in [0.15, 0.2) is 18.2 Å². The lowest BCUT2D eigenvalue weighted by Gasteiger charge is -2.37. The van der Waals surface area contributed by atoms with Gasteiger partial charge in [0.25, 0.3) is 5.91 Å². The molecule has 1 saturated carbocycles. The third kappa shape index (κ3) is 3.92. The van der Waals surface area contributed by atoms with E-state index in [0.29, 0.717) is 33.4 Å². The summed E-state index contributed by atoms with van der Waals surface area (Å²) in [5, 5.41) is 3.99. The van der Waals surface area contributed by atoms with Crippen LogP contribution in [0.3, 0.4) is 0 Å². The predicted octanol–water partition coefficient (Wildman–Crippen LogP) is 5.18. The van der Waals surface area contributed by atoms with E-state index in [9.17, 15) is 4.79 Å². The van der Waals surface area contributed by atoms with Gasteiger partial charge in [-0.3, -0.25) is 4.79 Å². The van der Waals surface area contributed by atoms with E-state index in [2.05, 4.69) is 26.1 Å². The topological polar surface area (TPSA) is 29.1 Å². The molecular weight excluding hydrogens is 305 g/mol. The van der Waals surface area contributed by atoms with Crippen LogP contribution in [0.25, 0.3) is 0 Å². The monoisotopic (exact) mass is 327 g/mol. The minimum Gasteiger partial charge on any atom is -0.349 e. The van der Waals surface area contributed by atoms with E-state index >= 15 is 0 Å². The van der Waals surface area contributed by atoms with Crippen molar-refractivity contribution in [2.75, 3.05) is 0 Å². The Morgan fingerprint density at radius 1 is 1.24 bits per heavy atom. The molecule has 0 saturated heterocycles. The molecule has 0 unspecified atom stereocenters. The molecule has 4 heteroatoms. The summed E-state index contributed by atoms with van der Waals surface area (Å²) in [4.78, 5) is 12.5. The van der Waals surface area contributed by atoms with Crippen molar-refractivity contribution >= 4 is 29.1 Å². The lowest BCUT2D eigenvalue weighted by molar-refractivity contribution is 0.0868. The molecule has 0 radical (unpaired) electrons. The van der Waals surface area contributed by atoms with E-state index in [1.807, 2.05) is 0 Å². The van der Waals surface area contributed by atoms with Gasteiger partial charge in [-0.05, 0) is 42.7 Å². The number of halogens is 2. The Bertz CT molecular complexity index is 495. The normalized spacial score (nSPS) is 25.9. The lowest BCUT2D eigenvalue weighted by Crippen LogP contribution is -2.45. The lowest BCUT2D eigenvalue weighted by atomic mass is 9.74. The second-order valence-electron chi connectivity index (χ2n) is 6.50. The molecule has 1 aliphatic carbocycles. The Kier molecular flexibility index (Phi) is 5.56. The van der Waals surface area contributed by atoms with Crippen LogP contribution < -0.4 is 5.32 Å². The molecule has 1 N–H and O–H groups in total. The summed E-state index contributed by atoms with van der Waals surface area (Å²) >= 11 is 12.2. The largest absolute Gasteiger partial charge is 0.349 e. The van der Waals surface area contributed by atoms with Crippen molar-refractivity contribution in [3.8, 4) is 0 Å². The van der Waals surface area contributed by atoms with Gasteiger partial charge in [-0.15, -0.1) is 0 Å². The van der Waals surface area contributed by atoms with Crippen molar-refractivity contribution in [3.05, 3.63) is 33.8 Å². The number of amides is 1. The maximum atomic E-state index is 12.5. The fraction of sp³-hybridized carbons (Fsp3) is 0.588. The standard InChI is InChI=1S/C17H23Cl2NO/c1-10(2)12-8-7-11(3)9-15(12)20-17(21)16-13(18)5-4-6-14(16)19/h4-6,10-12,15H,7-9H2,1-3H3,(H,20,21)/t11-,12-,15-/m0/s1. The second-order valence-corrected chi connectivity index (χ2v) is 7.32. The maximum absolute atomic E-state index is 12.5. The van der Waals surface area contributed by atoms with Gasteiger partial charge >= 0.3 is 0 Å². The molecule has 0 heterocycles. The number of nitrogens with one attached hydrogen (secondary N) is 1. The van der Waals surface area contributed by atoms with Gasteiger partial charge in [-0.25, -0.2) is 0 Å². The van der Waals surface area contributed by atoms with Gasteiger partial charge in [0.1, 0.15) is 0 Å². The molecule has 2 rings (SSSR count). The van der Waals surface area contributed by atoms with Crippen LogP contribution in [0.2, 0.25) is 10.0 Å². The van der Waals surface area contributed by atoms with E-state index < -0.39 is 0 Å². The second kappa shape index (κ2) is 7.02. The minimum absolute atomic E-state index is 0.157.